The van der Waals surface area contributed by atoms with Gasteiger partial charge in [-0.3, -0.25) is 10.1 Å². The van der Waals surface area contributed by atoms with Gasteiger partial charge in [-0.05, 0) is 0 Å². The fourth-order valence-corrected chi connectivity index (χ4v) is 0.606. The third kappa shape index (κ3) is 1.16. The number of hydrogen-bond donors (Lipinski definition) is 0. The maximum atomic E-state index is 9.99. The molecule has 1 unspecified atom stereocenters. The minimum atomic E-state index is -0.796. The first-order valence-electron chi connectivity index (χ1n) is 2.50. The van der Waals surface area contributed by atoms with Crippen molar-refractivity contribution < 1.29 is 4.92 Å². The smallest absolute Gasteiger partial charge is 0.323 e. The first-order valence-corrected chi connectivity index (χ1v) is 2.50. The first-order chi connectivity index (χ1) is 4.20. The van der Waals surface area contributed by atoms with Crippen LogP contribution >= 0.6 is 0 Å². The van der Waals surface area contributed by atoms with Crippen LogP contribution in [0.5, 0.6) is 0 Å². The second kappa shape index (κ2) is 2.00. The van der Waals surface area contributed by atoms with Gasteiger partial charge in [0.1, 0.15) is 6.54 Å². The van der Waals surface area contributed by atoms with Crippen molar-refractivity contribution in [2.45, 2.75) is 6.17 Å². The minimum Gasteiger partial charge on any atom is -0.348 e. The van der Waals surface area contributed by atoms with Crippen LogP contribution in [0.3, 0.4) is 0 Å². The molecular formula is C4H6N3O2. The molecule has 1 aliphatic rings. The number of nitro groups is 1. The van der Waals surface area contributed by atoms with Gasteiger partial charge >= 0.3 is 6.17 Å². The Bertz CT molecular complexity index is 156. The largest absolute Gasteiger partial charge is 0.348 e. The molecule has 1 rings (SSSR count). The average molecular weight is 128 g/mol. The van der Waals surface area contributed by atoms with Gasteiger partial charge in [0.2, 0.25) is 0 Å². The van der Waals surface area contributed by atoms with Gasteiger partial charge in [-0.25, -0.2) is 0 Å². The van der Waals surface area contributed by atoms with E-state index in [1.807, 2.05) is 0 Å². The molecule has 1 aliphatic heterocycles. The Balaban J connectivity index is 2.50. The molecule has 0 spiro atoms. The normalized spacial score (nSPS) is 25.0. The van der Waals surface area contributed by atoms with Crippen molar-refractivity contribution >= 4 is 6.34 Å². The molecule has 1 atom stereocenters. The van der Waals surface area contributed by atoms with E-state index in [0.717, 1.165) is 0 Å². The van der Waals surface area contributed by atoms with Crippen LogP contribution in [0.1, 0.15) is 0 Å². The summed E-state index contributed by atoms with van der Waals surface area (Å²) < 4.78 is 0. The second-order valence-corrected chi connectivity index (χ2v) is 1.88. The Morgan fingerprint density at radius 3 is 2.89 bits per heavy atom. The highest BCUT2D eigenvalue weighted by atomic mass is 16.6. The molecular weight excluding hydrogens is 122 g/mol. The number of likely N-dealkylation sites (N-methyl/N-ethyl adjacent to an activating group) is 1. The molecule has 0 aromatic heterocycles. The van der Waals surface area contributed by atoms with Crippen LogP contribution in [-0.2, 0) is 0 Å². The Hall–Kier alpha value is -1.13. The molecule has 1 heterocycles. The fourth-order valence-electron chi connectivity index (χ4n) is 0.606. The Morgan fingerprint density at radius 1 is 2.00 bits per heavy atom. The van der Waals surface area contributed by atoms with Crippen molar-refractivity contribution in [1.29, 1.82) is 0 Å². The summed E-state index contributed by atoms with van der Waals surface area (Å²) in [6, 6.07) is 0. The molecule has 9 heavy (non-hydrogen) atoms. The zero-order valence-corrected chi connectivity index (χ0v) is 4.94. The molecule has 5 nitrogen and oxygen atoms in total. The van der Waals surface area contributed by atoms with E-state index in [9.17, 15) is 10.1 Å². The summed E-state index contributed by atoms with van der Waals surface area (Å²) in [6.07, 6.45) is 1.67. The standard InChI is InChI=1S/C4H6N3O2/c1-6-2-4(5-3-6)7(8)9/h4H,2H2,1H3. The molecule has 0 aliphatic carbocycles. The van der Waals surface area contributed by atoms with Crippen LogP contribution in [0.2, 0.25) is 0 Å². The monoisotopic (exact) mass is 128 g/mol. The van der Waals surface area contributed by atoms with Crippen LogP contribution in [0.15, 0.2) is 4.99 Å². The molecule has 0 amide bonds. The van der Waals surface area contributed by atoms with E-state index < -0.39 is 11.1 Å². The molecule has 0 bridgehead atoms. The van der Waals surface area contributed by atoms with Crippen molar-refractivity contribution in [1.82, 2.24) is 4.90 Å². The van der Waals surface area contributed by atoms with E-state index in [1.54, 1.807) is 11.9 Å². The molecule has 0 aromatic carbocycles. The van der Waals surface area contributed by atoms with Gasteiger partial charge in [0.25, 0.3) is 0 Å². The summed E-state index contributed by atoms with van der Waals surface area (Å²) in [5, 5.41) is 9.99. The Morgan fingerprint density at radius 2 is 2.67 bits per heavy atom. The van der Waals surface area contributed by atoms with Crippen molar-refractivity contribution in [2.75, 3.05) is 13.6 Å². The van der Waals surface area contributed by atoms with Gasteiger partial charge in [-0.15, -0.1) is 0 Å². The van der Waals surface area contributed by atoms with Crippen molar-refractivity contribution in [3.8, 4) is 0 Å². The predicted molar refractivity (Wildman–Crippen MR) is 30.8 cm³/mol. The molecule has 49 valence electrons. The lowest BCUT2D eigenvalue weighted by Crippen LogP contribution is -2.24. The predicted octanol–water partition coefficient (Wildman–Crippen LogP) is -0.560. The van der Waals surface area contributed by atoms with Gasteiger partial charge in [-0.2, -0.15) is 4.99 Å². The van der Waals surface area contributed by atoms with Gasteiger partial charge in [0.15, 0.2) is 6.34 Å². The lowest BCUT2D eigenvalue weighted by atomic mass is 10.5. The van der Waals surface area contributed by atoms with Crippen LogP contribution in [0.25, 0.3) is 0 Å². The zero-order valence-electron chi connectivity index (χ0n) is 4.94. The van der Waals surface area contributed by atoms with Crippen molar-refractivity contribution in [3.05, 3.63) is 10.1 Å². The van der Waals surface area contributed by atoms with Crippen LogP contribution in [0, 0.1) is 10.1 Å². The highest BCUT2D eigenvalue weighted by molar-refractivity contribution is 5.56. The van der Waals surface area contributed by atoms with Crippen LogP contribution in [0.4, 0.5) is 0 Å². The van der Waals surface area contributed by atoms with Crippen LogP contribution < -0.4 is 0 Å². The summed E-state index contributed by atoms with van der Waals surface area (Å²) in [5.41, 5.74) is 0. The molecule has 0 saturated heterocycles. The zero-order chi connectivity index (χ0) is 6.85. The summed E-state index contributed by atoms with van der Waals surface area (Å²) in [7, 11) is 1.70. The van der Waals surface area contributed by atoms with E-state index in [0.29, 0.717) is 6.54 Å². The summed E-state index contributed by atoms with van der Waals surface area (Å²) >= 11 is 0. The minimum absolute atomic E-state index is 0.340. The van der Waals surface area contributed by atoms with E-state index in [1.165, 1.54) is 0 Å². The lowest BCUT2D eigenvalue weighted by Gasteiger charge is -2.01. The third-order valence-corrected chi connectivity index (χ3v) is 1.06. The third-order valence-electron chi connectivity index (χ3n) is 1.06. The van der Waals surface area contributed by atoms with Gasteiger partial charge in [0.05, 0.1) is 0 Å². The first kappa shape index (κ1) is 6.00. The molecule has 0 fully saturated rings. The van der Waals surface area contributed by atoms with Gasteiger partial charge in [0, 0.05) is 12.0 Å². The van der Waals surface area contributed by atoms with Crippen molar-refractivity contribution in [2.24, 2.45) is 4.99 Å². The fraction of sp³-hybridized carbons (Fsp3) is 0.750. The van der Waals surface area contributed by atoms with E-state index in [2.05, 4.69) is 11.3 Å². The highest BCUT2D eigenvalue weighted by Crippen LogP contribution is 2.00. The van der Waals surface area contributed by atoms with Gasteiger partial charge < -0.3 is 4.90 Å². The summed E-state index contributed by atoms with van der Waals surface area (Å²) in [4.78, 5) is 14.6. The van der Waals surface area contributed by atoms with Crippen LogP contribution in [-0.4, -0.2) is 35.9 Å². The Kier molecular flexibility index (Phi) is 1.33. The maximum Gasteiger partial charge on any atom is 0.323 e. The van der Waals surface area contributed by atoms with Gasteiger partial charge in [-0.1, -0.05) is 0 Å². The number of rotatable bonds is 1. The average Bonchev–Trinajstić information content (AvgIpc) is 2.14. The molecule has 0 N–H and O–H groups in total. The number of nitrogens with zero attached hydrogens (tertiary/aromatic N) is 3. The topological polar surface area (TPSA) is 58.7 Å². The summed E-state index contributed by atoms with van der Waals surface area (Å²) in [5.74, 6) is 0. The lowest BCUT2D eigenvalue weighted by molar-refractivity contribution is -0.517. The van der Waals surface area contributed by atoms with E-state index >= 15 is 0 Å². The quantitative estimate of drug-likeness (QED) is 0.351. The number of hydrogen-bond acceptors (Lipinski definition) is 4. The van der Waals surface area contributed by atoms with E-state index in [4.69, 9.17) is 0 Å². The molecule has 0 saturated carbocycles. The number of aliphatic imine (C=N–C) groups is 1. The Labute approximate surface area is 52.1 Å². The van der Waals surface area contributed by atoms with Crippen molar-refractivity contribution in [3.63, 3.8) is 0 Å². The SMILES string of the molecule is CN1[C]=NC([N+](=O)[O-])C1. The summed E-state index contributed by atoms with van der Waals surface area (Å²) in [6.45, 7) is 0.340. The molecule has 1 radical (unpaired) electrons. The molecule has 0 aromatic rings. The maximum absolute atomic E-state index is 9.99. The molecule has 5 heteroatoms. The van der Waals surface area contributed by atoms with E-state index in [-0.39, 0.29) is 0 Å². The second-order valence-electron chi connectivity index (χ2n) is 1.88. The highest BCUT2D eigenvalue weighted by Gasteiger charge is 2.24.